The maximum Gasteiger partial charge on any atom is 0.141 e. The number of nitrogens with one attached hydrogen (secondary N) is 1. The summed E-state index contributed by atoms with van der Waals surface area (Å²) in [4.78, 5) is 9.76. The van der Waals surface area contributed by atoms with Crippen molar-refractivity contribution in [2.75, 3.05) is 11.9 Å². The van der Waals surface area contributed by atoms with Gasteiger partial charge in [0.05, 0.1) is 5.41 Å². The van der Waals surface area contributed by atoms with Gasteiger partial charge in [0.1, 0.15) is 11.6 Å². The first-order chi connectivity index (χ1) is 10.3. The van der Waals surface area contributed by atoms with Crippen molar-refractivity contribution >= 4 is 5.82 Å². The zero-order valence-electron chi connectivity index (χ0n) is 12.5. The first-order valence-electron chi connectivity index (χ1n) is 8.01. The fourth-order valence-electron chi connectivity index (χ4n) is 3.06. The van der Waals surface area contributed by atoms with Gasteiger partial charge in [0, 0.05) is 24.2 Å². The molecular formula is C18H21N3. The number of aromatic nitrogens is 2. The molecule has 0 saturated heterocycles. The van der Waals surface area contributed by atoms with Crippen LogP contribution >= 0.6 is 0 Å². The molecule has 4 rings (SSSR count). The van der Waals surface area contributed by atoms with Gasteiger partial charge >= 0.3 is 0 Å². The van der Waals surface area contributed by atoms with E-state index in [1.807, 2.05) is 0 Å². The average molecular weight is 279 g/mol. The highest BCUT2D eigenvalue weighted by atomic mass is 15.0. The predicted molar refractivity (Wildman–Crippen MR) is 84.6 cm³/mol. The molecule has 2 aliphatic carbocycles. The van der Waals surface area contributed by atoms with E-state index in [-0.39, 0.29) is 5.41 Å². The topological polar surface area (TPSA) is 37.8 Å². The van der Waals surface area contributed by atoms with E-state index >= 15 is 0 Å². The first kappa shape index (κ1) is 12.8. The maximum atomic E-state index is 4.94. The number of hydrogen-bond donors (Lipinski definition) is 1. The Morgan fingerprint density at radius 2 is 1.90 bits per heavy atom. The zero-order chi connectivity index (χ0) is 14.3. The Labute approximate surface area is 125 Å². The Bertz CT molecular complexity index is 643. The summed E-state index contributed by atoms with van der Waals surface area (Å²) in [6.07, 6.45) is 4.88. The molecular weight excluding hydrogens is 258 g/mol. The van der Waals surface area contributed by atoms with E-state index in [2.05, 4.69) is 48.6 Å². The smallest absolute Gasteiger partial charge is 0.141 e. The number of benzene rings is 1. The van der Waals surface area contributed by atoms with Crippen molar-refractivity contribution in [2.24, 2.45) is 0 Å². The summed E-state index contributed by atoms with van der Waals surface area (Å²) < 4.78 is 0. The minimum atomic E-state index is 0.0658. The fourth-order valence-corrected chi connectivity index (χ4v) is 3.06. The molecule has 0 aliphatic heterocycles. The molecule has 0 unspecified atom stereocenters. The third-order valence-corrected chi connectivity index (χ3v) is 4.60. The lowest BCUT2D eigenvalue weighted by Crippen LogP contribution is -2.16. The molecule has 2 saturated carbocycles. The molecule has 1 aromatic carbocycles. The monoisotopic (exact) mass is 279 g/mol. The Morgan fingerprint density at radius 3 is 2.52 bits per heavy atom. The van der Waals surface area contributed by atoms with Gasteiger partial charge in [-0.25, -0.2) is 9.97 Å². The van der Waals surface area contributed by atoms with E-state index in [4.69, 9.17) is 9.97 Å². The van der Waals surface area contributed by atoms with Crippen molar-refractivity contribution in [2.45, 2.75) is 43.9 Å². The van der Waals surface area contributed by atoms with Gasteiger partial charge in [-0.15, -0.1) is 0 Å². The molecule has 1 heterocycles. The summed E-state index contributed by atoms with van der Waals surface area (Å²) in [6.45, 7) is 3.02. The van der Waals surface area contributed by atoms with Crippen LogP contribution in [0.25, 0.3) is 0 Å². The van der Waals surface area contributed by atoms with E-state index in [1.165, 1.54) is 24.1 Å². The molecule has 0 amide bonds. The molecule has 0 spiro atoms. The minimum Gasteiger partial charge on any atom is -0.370 e. The molecule has 1 aromatic heterocycles. The highest BCUT2D eigenvalue weighted by molar-refractivity contribution is 5.45. The van der Waals surface area contributed by atoms with E-state index in [1.54, 1.807) is 0 Å². The lowest BCUT2D eigenvalue weighted by atomic mass is 9.95. The summed E-state index contributed by atoms with van der Waals surface area (Å²) in [6, 6.07) is 12.9. The molecule has 2 fully saturated rings. The first-order valence-corrected chi connectivity index (χ1v) is 8.01. The largest absolute Gasteiger partial charge is 0.370 e. The van der Waals surface area contributed by atoms with E-state index < -0.39 is 0 Å². The Kier molecular flexibility index (Phi) is 2.95. The van der Waals surface area contributed by atoms with Gasteiger partial charge < -0.3 is 5.32 Å². The molecule has 0 bridgehead atoms. The number of hydrogen-bond acceptors (Lipinski definition) is 3. The van der Waals surface area contributed by atoms with Gasteiger partial charge in [-0.2, -0.15) is 0 Å². The molecule has 2 aliphatic rings. The minimum absolute atomic E-state index is 0.0658. The van der Waals surface area contributed by atoms with Crippen LogP contribution in [0.2, 0.25) is 0 Å². The van der Waals surface area contributed by atoms with Gasteiger partial charge in [0.15, 0.2) is 0 Å². The summed E-state index contributed by atoms with van der Waals surface area (Å²) in [5.41, 5.74) is 2.66. The quantitative estimate of drug-likeness (QED) is 0.903. The second-order valence-electron chi connectivity index (χ2n) is 6.25. The highest BCUT2D eigenvalue weighted by Gasteiger charge is 2.49. The number of anilines is 1. The SMILES string of the molecule is CCNc1cc(C2CC2)nc(C2(c3ccccc3)CC2)n1. The molecule has 2 aromatic rings. The second kappa shape index (κ2) is 4.83. The van der Waals surface area contributed by atoms with Crippen LogP contribution in [0.3, 0.4) is 0 Å². The normalized spacial score (nSPS) is 19.3. The van der Waals surface area contributed by atoms with E-state index in [9.17, 15) is 0 Å². The fraction of sp³-hybridized carbons (Fsp3) is 0.444. The standard InChI is InChI=1S/C18H21N3/c1-2-19-16-12-15(13-8-9-13)20-17(21-16)18(10-11-18)14-6-4-3-5-7-14/h3-7,12-13H,2,8-11H2,1H3,(H,19,20,21). The van der Waals surface area contributed by atoms with Crippen LogP contribution in [0.1, 0.15) is 55.6 Å². The van der Waals surface area contributed by atoms with Crippen molar-refractivity contribution in [1.82, 2.24) is 9.97 Å². The summed E-state index contributed by atoms with van der Waals surface area (Å²) in [5, 5.41) is 3.37. The summed E-state index contributed by atoms with van der Waals surface area (Å²) in [7, 11) is 0. The molecule has 108 valence electrons. The van der Waals surface area contributed by atoms with Crippen molar-refractivity contribution in [3.05, 3.63) is 53.5 Å². The van der Waals surface area contributed by atoms with Gasteiger partial charge in [-0.05, 0) is 38.2 Å². The molecule has 0 atom stereocenters. The van der Waals surface area contributed by atoms with Crippen molar-refractivity contribution in [3.63, 3.8) is 0 Å². The Balaban J connectivity index is 1.77. The average Bonchev–Trinajstić information content (AvgIpc) is 3.41. The molecule has 3 nitrogen and oxygen atoms in total. The number of rotatable bonds is 5. The zero-order valence-corrected chi connectivity index (χ0v) is 12.5. The maximum absolute atomic E-state index is 4.94. The number of nitrogens with zero attached hydrogens (tertiary/aromatic N) is 2. The molecule has 21 heavy (non-hydrogen) atoms. The lowest BCUT2D eigenvalue weighted by Gasteiger charge is -2.17. The predicted octanol–water partition coefficient (Wildman–Crippen LogP) is 3.87. The molecule has 0 radical (unpaired) electrons. The van der Waals surface area contributed by atoms with E-state index in [0.29, 0.717) is 5.92 Å². The van der Waals surface area contributed by atoms with Gasteiger partial charge in [0.25, 0.3) is 0 Å². The van der Waals surface area contributed by atoms with Crippen LogP contribution in [0, 0.1) is 0 Å². The van der Waals surface area contributed by atoms with E-state index in [0.717, 1.165) is 31.0 Å². The van der Waals surface area contributed by atoms with Crippen LogP contribution in [-0.2, 0) is 5.41 Å². The second-order valence-corrected chi connectivity index (χ2v) is 6.25. The molecule has 3 heteroatoms. The summed E-state index contributed by atoms with van der Waals surface area (Å²) in [5.74, 6) is 2.68. The molecule has 1 N–H and O–H groups in total. The Hall–Kier alpha value is -1.90. The van der Waals surface area contributed by atoms with Gasteiger partial charge in [-0.3, -0.25) is 0 Å². The van der Waals surface area contributed by atoms with Crippen molar-refractivity contribution in [3.8, 4) is 0 Å². The van der Waals surface area contributed by atoms with Crippen LogP contribution in [-0.4, -0.2) is 16.5 Å². The van der Waals surface area contributed by atoms with Crippen LogP contribution in [0.5, 0.6) is 0 Å². The third-order valence-electron chi connectivity index (χ3n) is 4.60. The van der Waals surface area contributed by atoms with Crippen LogP contribution < -0.4 is 5.32 Å². The summed E-state index contributed by atoms with van der Waals surface area (Å²) >= 11 is 0. The van der Waals surface area contributed by atoms with Crippen LogP contribution in [0.15, 0.2) is 36.4 Å². The van der Waals surface area contributed by atoms with Gasteiger partial charge in [0.2, 0.25) is 0 Å². The van der Waals surface area contributed by atoms with Crippen molar-refractivity contribution < 1.29 is 0 Å². The van der Waals surface area contributed by atoms with Crippen molar-refractivity contribution in [1.29, 1.82) is 0 Å². The lowest BCUT2D eigenvalue weighted by molar-refractivity contribution is 0.740. The Morgan fingerprint density at radius 1 is 1.14 bits per heavy atom. The van der Waals surface area contributed by atoms with Crippen LogP contribution in [0.4, 0.5) is 5.82 Å². The highest BCUT2D eigenvalue weighted by Crippen LogP contribution is 2.53. The van der Waals surface area contributed by atoms with Gasteiger partial charge in [-0.1, -0.05) is 30.3 Å². The third kappa shape index (κ3) is 2.31.